The summed E-state index contributed by atoms with van der Waals surface area (Å²) < 4.78 is 14.8. The number of nitrogens with one attached hydrogen (secondary N) is 4. The lowest BCUT2D eigenvalue weighted by atomic mass is 9.92. The number of aromatic nitrogens is 3. The average molecular weight is 392 g/mol. The van der Waals surface area contributed by atoms with E-state index in [0.29, 0.717) is 28.6 Å². The van der Waals surface area contributed by atoms with E-state index < -0.39 is 0 Å². The average Bonchev–Trinajstić information content (AvgIpc) is 3.10. The lowest BCUT2D eigenvalue weighted by molar-refractivity contribution is 0.338. The minimum absolute atomic E-state index is 0.287. The third-order valence-corrected chi connectivity index (χ3v) is 5.64. The number of H-pyrrole nitrogens is 1. The highest BCUT2D eigenvalue weighted by molar-refractivity contribution is 6.12. The molecular weight excluding hydrogens is 367 g/mol. The van der Waals surface area contributed by atoms with Crippen molar-refractivity contribution in [1.82, 2.24) is 25.8 Å². The van der Waals surface area contributed by atoms with Crippen LogP contribution < -0.4 is 10.6 Å². The van der Waals surface area contributed by atoms with Crippen molar-refractivity contribution in [2.75, 3.05) is 7.05 Å². The Hall–Kier alpha value is -3.06. The summed E-state index contributed by atoms with van der Waals surface area (Å²) in [4.78, 5) is 4.48. The van der Waals surface area contributed by atoms with Gasteiger partial charge in [0, 0.05) is 48.6 Å². The zero-order valence-corrected chi connectivity index (χ0v) is 16.6. The van der Waals surface area contributed by atoms with Crippen LogP contribution >= 0.6 is 0 Å². The maximum atomic E-state index is 14.8. The van der Waals surface area contributed by atoms with Crippen LogP contribution in [0.1, 0.15) is 36.1 Å². The predicted molar refractivity (Wildman–Crippen MR) is 114 cm³/mol. The van der Waals surface area contributed by atoms with Gasteiger partial charge in [-0.25, -0.2) is 4.39 Å². The summed E-state index contributed by atoms with van der Waals surface area (Å²) in [6.45, 7) is 2.67. The SMILES string of the molecule is CN/C=C(\C=N)c1n[nH]c2cnc(-c3c(F)ccc(CNC4CCC4)c3C)cc12. The molecule has 0 amide bonds. The van der Waals surface area contributed by atoms with Gasteiger partial charge in [0.2, 0.25) is 0 Å². The van der Waals surface area contributed by atoms with Crippen LogP contribution in [0.4, 0.5) is 4.39 Å². The number of halogens is 1. The molecule has 1 aliphatic carbocycles. The predicted octanol–water partition coefficient (Wildman–Crippen LogP) is 3.92. The van der Waals surface area contributed by atoms with Crippen LogP contribution in [-0.4, -0.2) is 34.5 Å². The Balaban J connectivity index is 1.75. The normalized spacial score (nSPS) is 14.8. The molecule has 1 saturated carbocycles. The van der Waals surface area contributed by atoms with Gasteiger partial charge in [-0.05, 0) is 43.0 Å². The van der Waals surface area contributed by atoms with Crippen LogP contribution in [0.2, 0.25) is 0 Å². The third kappa shape index (κ3) is 3.65. The summed E-state index contributed by atoms with van der Waals surface area (Å²) in [5.74, 6) is -0.287. The molecule has 4 rings (SSSR count). The zero-order valence-electron chi connectivity index (χ0n) is 16.6. The van der Waals surface area contributed by atoms with Gasteiger partial charge >= 0.3 is 0 Å². The van der Waals surface area contributed by atoms with Crippen molar-refractivity contribution in [3.8, 4) is 11.3 Å². The first-order valence-electron chi connectivity index (χ1n) is 9.86. The quantitative estimate of drug-likeness (QED) is 0.459. The molecule has 2 aromatic heterocycles. The summed E-state index contributed by atoms with van der Waals surface area (Å²) in [6, 6.07) is 5.79. The summed E-state index contributed by atoms with van der Waals surface area (Å²) in [5, 5.41) is 22.2. The van der Waals surface area contributed by atoms with Gasteiger partial charge < -0.3 is 16.0 Å². The molecule has 6 nitrogen and oxygen atoms in total. The summed E-state index contributed by atoms with van der Waals surface area (Å²) in [7, 11) is 1.77. The molecule has 0 bridgehead atoms. The molecule has 0 radical (unpaired) electrons. The number of aromatic amines is 1. The zero-order chi connectivity index (χ0) is 20.4. The van der Waals surface area contributed by atoms with Gasteiger partial charge in [0.05, 0.1) is 17.4 Å². The first-order valence-corrected chi connectivity index (χ1v) is 9.86. The van der Waals surface area contributed by atoms with Crippen LogP contribution in [0.5, 0.6) is 0 Å². The molecule has 2 heterocycles. The lowest BCUT2D eigenvalue weighted by Gasteiger charge is -2.27. The molecule has 150 valence electrons. The second-order valence-corrected chi connectivity index (χ2v) is 7.44. The fourth-order valence-electron chi connectivity index (χ4n) is 3.70. The second kappa shape index (κ2) is 8.13. The van der Waals surface area contributed by atoms with Crippen LogP contribution in [0, 0.1) is 18.2 Å². The maximum absolute atomic E-state index is 14.8. The van der Waals surface area contributed by atoms with E-state index in [1.165, 1.54) is 31.5 Å². The molecular formula is C22H25FN6. The Kier molecular flexibility index (Phi) is 5.40. The molecule has 1 fully saturated rings. The van der Waals surface area contributed by atoms with Crippen molar-refractivity contribution in [3.63, 3.8) is 0 Å². The van der Waals surface area contributed by atoms with Crippen LogP contribution in [-0.2, 0) is 6.54 Å². The number of fused-ring (bicyclic) bond motifs is 1. The van der Waals surface area contributed by atoms with Crippen molar-refractivity contribution in [3.05, 3.63) is 53.2 Å². The number of rotatable bonds is 7. The van der Waals surface area contributed by atoms with E-state index in [1.54, 1.807) is 19.4 Å². The van der Waals surface area contributed by atoms with Crippen LogP contribution in [0.15, 0.2) is 30.6 Å². The number of nitrogens with zero attached hydrogens (tertiary/aromatic N) is 2. The van der Waals surface area contributed by atoms with Crippen molar-refractivity contribution in [1.29, 1.82) is 5.41 Å². The molecule has 0 aliphatic heterocycles. The Morgan fingerprint density at radius 3 is 2.90 bits per heavy atom. The van der Waals surface area contributed by atoms with Gasteiger partial charge in [-0.2, -0.15) is 5.10 Å². The van der Waals surface area contributed by atoms with Gasteiger partial charge in [-0.1, -0.05) is 12.5 Å². The smallest absolute Gasteiger partial charge is 0.132 e. The summed E-state index contributed by atoms with van der Waals surface area (Å²) in [6.07, 6.45) is 8.32. The number of hydrogen-bond acceptors (Lipinski definition) is 5. The van der Waals surface area contributed by atoms with E-state index in [4.69, 9.17) is 5.41 Å². The van der Waals surface area contributed by atoms with Gasteiger partial charge in [0.25, 0.3) is 0 Å². The van der Waals surface area contributed by atoms with E-state index in [1.807, 2.05) is 19.1 Å². The van der Waals surface area contributed by atoms with Crippen molar-refractivity contribution >= 4 is 22.7 Å². The highest BCUT2D eigenvalue weighted by Gasteiger charge is 2.19. The molecule has 7 heteroatoms. The van der Waals surface area contributed by atoms with E-state index in [-0.39, 0.29) is 5.82 Å². The monoisotopic (exact) mass is 392 g/mol. The Morgan fingerprint density at radius 1 is 1.38 bits per heavy atom. The molecule has 29 heavy (non-hydrogen) atoms. The van der Waals surface area contributed by atoms with E-state index in [0.717, 1.165) is 28.6 Å². The van der Waals surface area contributed by atoms with Crippen molar-refractivity contribution in [2.24, 2.45) is 0 Å². The summed E-state index contributed by atoms with van der Waals surface area (Å²) in [5.41, 5.74) is 5.06. The standard InChI is InChI=1S/C22H25FN6/c1-13-14(11-26-16-4-3-5-16)6-7-18(23)21(13)19-8-17-20(12-27-19)28-29-22(17)15(9-24)10-25-2/h6-10,12,16,24-26H,3-5,11H2,1-2H3,(H,28,29)/b15-10+,24-9?. The third-order valence-electron chi connectivity index (χ3n) is 5.64. The fraction of sp³-hybridized carbons (Fsp3) is 0.318. The van der Waals surface area contributed by atoms with Crippen molar-refractivity contribution < 1.29 is 4.39 Å². The van der Waals surface area contributed by atoms with E-state index in [2.05, 4.69) is 25.8 Å². The van der Waals surface area contributed by atoms with Crippen LogP contribution in [0.25, 0.3) is 27.7 Å². The van der Waals surface area contributed by atoms with Crippen LogP contribution in [0.3, 0.4) is 0 Å². The Morgan fingerprint density at radius 2 is 2.21 bits per heavy atom. The maximum Gasteiger partial charge on any atom is 0.132 e. The highest BCUT2D eigenvalue weighted by Crippen LogP contribution is 2.31. The largest absolute Gasteiger partial charge is 0.393 e. The fourth-order valence-corrected chi connectivity index (χ4v) is 3.70. The molecule has 0 unspecified atom stereocenters. The lowest BCUT2D eigenvalue weighted by Crippen LogP contribution is -2.34. The van der Waals surface area contributed by atoms with Gasteiger partial charge in [-0.3, -0.25) is 10.1 Å². The molecule has 1 aliphatic rings. The minimum Gasteiger partial charge on any atom is -0.393 e. The topological polar surface area (TPSA) is 89.5 Å². The van der Waals surface area contributed by atoms with Gasteiger partial charge in [-0.15, -0.1) is 0 Å². The van der Waals surface area contributed by atoms with E-state index in [9.17, 15) is 4.39 Å². The van der Waals surface area contributed by atoms with Gasteiger partial charge in [0.1, 0.15) is 11.5 Å². The molecule has 3 aromatic rings. The number of pyridine rings is 1. The van der Waals surface area contributed by atoms with Gasteiger partial charge in [0.15, 0.2) is 0 Å². The number of hydrogen-bond donors (Lipinski definition) is 4. The number of benzene rings is 1. The highest BCUT2D eigenvalue weighted by atomic mass is 19.1. The molecule has 0 saturated heterocycles. The first-order chi connectivity index (χ1) is 14.1. The molecule has 0 spiro atoms. The first kappa shape index (κ1) is 19.3. The van der Waals surface area contributed by atoms with Crippen molar-refractivity contribution in [2.45, 2.75) is 38.8 Å². The molecule has 0 atom stereocenters. The minimum atomic E-state index is -0.287. The summed E-state index contributed by atoms with van der Waals surface area (Å²) >= 11 is 0. The molecule has 4 N–H and O–H groups in total. The second-order valence-electron chi connectivity index (χ2n) is 7.44. The Bertz CT molecular complexity index is 1080. The van der Waals surface area contributed by atoms with E-state index >= 15 is 0 Å². The number of allylic oxidation sites excluding steroid dienone is 1. The Labute approximate surface area is 169 Å². The molecule has 1 aromatic carbocycles.